The summed E-state index contributed by atoms with van der Waals surface area (Å²) in [5, 5.41) is 0. The zero-order valence-electron chi connectivity index (χ0n) is 14.3. The van der Waals surface area contributed by atoms with Crippen LogP contribution in [0.2, 0.25) is 0 Å². The fourth-order valence-electron chi connectivity index (χ4n) is 3.51. The van der Waals surface area contributed by atoms with E-state index in [1.54, 1.807) is 12.4 Å². The molecule has 1 fully saturated rings. The van der Waals surface area contributed by atoms with Gasteiger partial charge in [-0.25, -0.2) is 4.98 Å². The van der Waals surface area contributed by atoms with Gasteiger partial charge in [-0.3, -0.25) is 9.78 Å². The highest BCUT2D eigenvalue weighted by atomic mass is 16.2. The number of para-hydroxylation sites is 2. The number of benzene rings is 1. The van der Waals surface area contributed by atoms with Crippen molar-refractivity contribution in [3.05, 3.63) is 48.8 Å². The number of likely N-dealkylation sites (tertiary alicyclic amines) is 1. The number of fused-ring (bicyclic) bond motifs is 1. The molecule has 5 heteroatoms. The number of hydrogen-bond donors (Lipinski definition) is 0. The molecule has 1 saturated heterocycles. The van der Waals surface area contributed by atoms with Gasteiger partial charge in [0.2, 0.25) is 5.91 Å². The van der Waals surface area contributed by atoms with E-state index in [0.29, 0.717) is 6.54 Å². The van der Waals surface area contributed by atoms with Crippen molar-refractivity contribution in [1.29, 1.82) is 0 Å². The number of carbonyl (C=O) groups excluding carboxylic acids is 1. The fourth-order valence-corrected chi connectivity index (χ4v) is 3.51. The van der Waals surface area contributed by atoms with Gasteiger partial charge in [0, 0.05) is 31.0 Å². The lowest BCUT2D eigenvalue weighted by Gasteiger charge is -2.21. The van der Waals surface area contributed by atoms with Gasteiger partial charge in [-0.05, 0) is 37.1 Å². The number of carbonyl (C=O) groups is 1. The van der Waals surface area contributed by atoms with Gasteiger partial charge in [0.15, 0.2) is 0 Å². The second-order valence-electron chi connectivity index (χ2n) is 6.54. The largest absolute Gasteiger partial charge is 0.341 e. The second kappa shape index (κ2) is 7.05. The Morgan fingerprint density at radius 3 is 2.44 bits per heavy atom. The Kier molecular flexibility index (Phi) is 4.46. The molecule has 0 atom stereocenters. The monoisotopic (exact) mass is 334 g/mol. The van der Waals surface area contributed by atoms with Gasteiger partial charge in [0.25, 0.3) is 0 Å². The van der Waals surface area contributed by atoms with E-state index in [1.807, 2.05) is 45.9 Å². The molecule has 1 aliphatic rings. The minimum atomic E-state index is 0.181. The first kappa shape index (κ1) is 15.8. The molecule has 3 heterocycles. The van der Waals surface area contributed by atoms with Gasteiger partial charge in [-0.15, -0.1) is 0 Å². The van der Waals surface area contributed by atoms with E-state index in [2.05, 4.69) is 4.98 Å². The highest BCUT2D eigenvalue weighted by Crippen LogP contribution is 2.24. The predicted octanol–water partition coefficient (Wildman–Crippen LogP) is 3.50. The molecule has 1 aromatic carbocycles. The van der Waals surface area contributed by atoms with Gasteiger partial charge in [0.05, 0.1) is 11.0 Å². The van der Waals surface area contributed by atoms with E-state index >= 15 is 0 Å². The SMILES string of the molecule is O=C(Cn1c(-c2ccncc2)nc2ccccc21)N1CCCCCC1. The topological polar surface area (TPSA) is 51.0 Å². The molecule has 0 unspecified atom stereocenters. The van der Waals surface area contributed by atoms with Crippen LogP contribution in [0, 0.1) is 0 Å². The summed E-state index contributed by atoms with van der Waals surface area (Å²) in [6, 6.07) is 11.9. The second-order valence-corrected chi connectivity index (χ2v) is 6.54. The lowest BCUT2D eigenvalue weighted by molar-refractivity contribution is -0.131. The number of hydrogen-bond acceptors (Lipinski definition) is 3. The van der Waals surface area contributed by atoms with Gasteiger partial charge in [-0.1, -0.05) is 25.0 Å². The molecule has 5 nitrogen and oxygen atoms in total. The van der Waals surface area contributed by atoms with Gasteiger partial charge in [-0.2, -0.15) is 0 Å². The van der Waals surface area contributed by atoms with Crippen molar-refractivity contribution in [3.8, 4) is 11.4 Å². The minimum absolute atomic E-state index is 0.181. The summed E-state index contributed by atoms with van der Waals surface area (Å²) in [6.07, 6.45) is 8.17. The van der Waals surface area contributed by atoms with Crippen molar-refractivity contribution < 1.29 is 4.79 Å². The third-order valence-electron chi connectivity index (χ3n) is 4.85. The zero-order valence-corrected chi connectivity index (χ0v) is 14.3. The maximum Gasteiger partial charge on any atom is 0.242 e. The van der Waals surface area contributed by atoms with E-state index in [9.17, 15) is 4.79 Å². The van der Waals surface area contributed by atoms with Gasteiger partial charge in [0.1, 0.15) is 12.4 Å². The first-order valence-corrected chi connectivity index (χ1v) is 8.96. The molecule has 0 radical (unpaired) electrons. The molecule has 3 aromatic rings. The van der Waals surface area contributed by atoms with Crippen molar-refractivity contribution in [2.75, 3.05) is 13.1 Å². The molecule has 25 heavy (non-hydrogen) atoms. The molecule has 0 aliphatic carbocycles. The van der Waals surface area contributed by atoms with Crippen LogP contribution in [0.4, 0.5) is 0 Å². The Morgan fingerprint density at radius 1 is 0.960 bits per heavy atom. The van der Waals surface area contributed by atoms with Gasteiger partial charge < -0.3 is 9.47 Å². The van der Waals surface area contributed by atoms with E-state index in [-0.39, 0.29) is 5.91 Å². The molecule has 1 amide bonds. The molecule has 0 N–H and O–H groups in total. The maximum atomic E-state index is 12.9. The van der Waals surface area contributed by atoms with E-state index in [4.69, 9.17) is 4.98 Å². The molecule has 0 bridgehead atoms. The molecule has 2 aromatic heterocycles. The third kappa shape index (κ3) is 3.27. The van der Waals surface area contributed by atoms with Crippen LogP contribution in [-0.2, 0) is 11.3 Å². The number of aromatic nitrogens is 3. The van der Waals surface area contributed by atoms with Crippen LogP contribution in [0.1, 0.15) is 25.7 Å². The molecular formula is C20H22N4O. The Hall–Kier alpha value is -2.69. The summed E-state index contributed by atoms with van der Waals surface area (Å²) >= 11 is 0. The third-order valence-corrected chi connectivity index (χ3v) is 4.85. The van der Waals surface area contributed by atoms with Crippen LogP contribution < -0.4 is 0 Å². The summed E-state index contributed by atoms with van der Waals surface area (Å²) in [5.74, 6) is 1.01. The number of amides is 1. The maximum absolute atomic E-state index is 12.9. The number of nitrogens with zero attached hydrogens (tertiary/aromatic N) is 4. The molecular weight excluding hydrogens is 312 g/mol. The molecule has 0 saturated carbocycles. The number of pyridine rings is 1. The van der Waals surface area contributed by atoms with E-state index in [0.717, 1.165) is 48.4 Å². The first-order chi connectivity index (χ1) is 12.3. The quantitative estimate of drug-likeness (QED) is 0.736. The van der Waals surface area contributed by atoms with Crippen LogP contribution >= 0.6 is 0 Å². The van der Waals surface area contributed by atoms with Crippen LogP contribution in [-0.4, -0.2) is 38.4 Å². The van der Waals surface area contributed by atoms with Crippen molar-refractivity contribution in [1.82, 2.24) is 19.4 Å². The summed E-state index contributed by atoms with van der Waals surface area (Å²) in [5.41, 5.74) is 2.89. The van der Waals surface area contributed by atoms with E-state index in [1.165, 1.54) is 12.8 Å². The standard InChI is InChI=1S/C20H22N4O/c25-19(23-13-5-1-2-6-14-23)15-24-18-8-4-3-7-17(18)22-20(24)16-9-11-21-12-10-16/h3-4,7-12H,1-2,5-6,13-15H2. The van der Waals surface area contributed by atoms with Crippen LogP contribution in [0.15, 0.2) is 48.8 Å². The number of rotatable bonds is 3. The first-order valence-electron chi connectivity index (χ1n) is 8.96. The molecule has 0 spiro atoms. The zero-order chi connectivity index (χ0) is 17.1. The molecule has 4 rings (SSSR count). The van der Waals surface area contributed by atoms with Crippen molar-refractivity contribution >= 4 is 16.9 Å². The van der Waals surface area contributed by atoms with Crippen LogP contribution in [0.5, 0.6) is 0 Å². The van der Waals surface area contributed by atoms with Gasteiger partial charge >= 0.3 is 0 Å². The average molecular weight is 334 g/mol. The normalized spacial score (nSPS) is 15.3. The Bertz CT molecular complexity index is 864. The highest BCUT2D eigenvalue weighted by Gasteiger charge is 2.19. The summed E-state index contributed by atoms with van der Waals surface area (Å²) in [4.78, 5) is 23.8. The van der Waals surface area contributed by atoms with Crippen molar-refractivity contribution in [3.63, 3.8) is 0 Å². The fraction of sp³-hybridized carbons (Fsp3) is 0.350. The van der Waals surface area contributed by atoms with Crippen molar-refractivity contribution in [2.45, 2.75) is 32.2 Å². The lowest BCUT2D eigenvalue weighted by atomic mass is 10.2. The average Bonchev–Trinajstić information content (AvgIpc) is 2.83. The Labute approximate surface area is 147 Å². The van der Waals surface area contributed by atoms with Crippen molar-refractivity contribution in [2.24, 2.45) is 0 Å². The number of imidazole rings is 1. The Morgan fingerprint density at radius 2 is 1.68 bits per heavy atom. The van der Waals surface area contributed by atoms with Crippen LogP contribution in [0.25, 0.3) is 22.4 Å². The highest BCUT2D eigenvalue weighted by molar-refractivity contribution is 5.84. The molecule has 1 aliphatic heterocycles. The summed E-state index contributed by atoms with van der Waals surface area (Å²) in [7, 11) is 0. The smallest absolute Gasteiger partial charge is 0.242 e. The van der Waals surface area contributed by atoms with E-state index < -0.39 is 0 Å². The molecule has 128 valence electrons. The van der Waals surface area contributed by atoms with Crippen LogP contribution in [0.3, 0.4) is 0 Å². The minimum Gasteiger partial charge on any atom is -0.341 e. The Balaban J connectivity index is 1.71. The lowest BCUT2D eigenvalue weighted by Crippen LogP contribution is -2.34. The summed E-state index contributed by atoms with van der Waals surface area (Å²) < 4.78 is 2.04. The predicted molar refractivity (Wildman–Crippen MR) is 98.0 cm³/mol. The summed E-state index contributed by atoms with van der Waals surface area (Å²) in [6.45, 7) is 2.07.